The Morgan fingerprint density at radius 1 is 1.27 bits per heavy atom. The third kappa shape index (κ3) is 2.41. The van der Waals surface area contributed by atoms with Gasteiger partial charge in [-0.25, -0.2) is 0 Å². The second kappa shape index (κ2) is 5.65. The Balaban J connectivity index is 1.50. The van der Waals surface area contributed by atoms with E-state index in [1.807, 2.05) is 36.7 Å². The van der Waals surface area contributed by atoms with Crippen molar-refractivity contribution in [2.45, 2.75) is 26.1 Å². The molecule has 5 rings (SSSR count). The maximum atomic E-state index is 6.12. The predicted molar refractivity (Wildman–Crippen MR) is 93.5 cm³/mol. The molecule has 0 bridgehead atoms. The lowest BCUT2D eigenvalue weighted by Gasteiger charge is -2.29. The van der Waals surface area contributed by atoms with E-state index in [9.17, 15) is 0 Å². The lowest BCUT2D eigenvalue weighted by molar-refractivity contribution is 0.139. The zero-order valence-electron chi connectivity index (χ0n) is 14.2. The normalized spacial score (nSPS) is 17.7. The van der Waals surface area contributed by atoms with E-state index in [1.165, 1.54) is 0 Å². The molecule has 0 radical (unpaired) electrons. The molecule has 9 heteroatoms. The molecule has 1 aliphatic heterocycles. The van der Waals surface area contributed by atoms with Gasteiger partial charge in [0.25, 0.3) is 0 Å². The van der Waals surface area contributed by atoms with Crippen LogP contribution >= 0.6 is 11.6 Å². The van der Waals surface area contributed by atoms with Crippen LogP contribution in [0.2, 0.25) is 5.02 Å². The number of benzene rings is 1. The summed E-state index contributed by atoms with van der Waals surface area (Å²) >= 11 is 6.12. The van der Waals surface area contributed by atoms with Crippen molar-refractivity contribution >= 4 is 22.6 Å². The van der Waals surface area contributed by atoms with Gasteiger partial charge < -0.3 is 13.5 Å². The van der Waals surface area contributed by atoms with Gasteiger partial charge in [-0.05, 0) is 37.7 Å². The smallest absolute Gasteiger partial charge is 0.246 e. The Kier molecular flexibility index (Phi) is 3.38. The van der Waals surface area contributed by atoms with Gasteiger partial charge in [0.2, 0.25) is 11.7 Å². The second-order valence-corrected chi connectivity index (χ2v) is 6.97. The lowest BCUT2D eigenvalue weighted by atomic mass is 10.2. The highest BCUT2D eigenvalue weighted by Gasteiger charge is 2.30. The van der Waals surface area contributed by atoms with Gasteiger partial charge >= 0.3 is 0 Å². The van der Waals surface area contributed by atoms with Crippen LogP contribution in [0.5, 0.6) is 0 Å². The van der Waals surface area contributed by atoms with Crippen molar-refractivity contribution < 1.29 is 8.94 Å². The highest BCUT2D eigenvalue weighted by molar-refractivity contribution is 6.31. The highest BCUT2D eigenvalue weighted by Crippen LogP contribution is 2.32. The molecule has 1 atom stereocenters. The molecular weight excluding hydrogens is 356 g/mol. The Morgan fingerprint density at radius 3 is 3.04 bits per heavy atom. The summed E-state index contributed by atoms with van der Waals surface area (Å²) < 4.78 is 13.5. The van der Waals surface area contributed by atoms with Crippen molar-refractivity contribution in [1.29, 1.82) is 0 Å². The number of rotatable bonds is 2. The third-order valence-electron chi connectivity index (χ3n) is 4.70. The maximum absolute atomic E-state index is 6.12. The van der Waals surface area contributed by atoms with Crippen LogP contribution in [-0.2, 0) is 13.1 Å². The SMILES string of the molecule is Cc1cc(Cl)cc2cc(-c3noc(C4Cn5cnnc5CN4C)n3)oc12. The standard InChI is InChI=1S/C17H15ClN6O2/c1-9-3-11(18)4-10-5-13(25-15(9)10)16-20-17(26-22-16)12-6-24-8-19-21-14(24)7-23(12)2/h3-5,8,12H,6-7H2,1-2H3. The summed E-state index contributed by atoms with van der Waals surface area (Å²) in [4.78, 5) is 6.67. The molecule has 0 N–H and O–H groups in total. The second-order valence-electron chi connectivity index (χ2n) is 6.54. The van der Waals surface area contributed by atoms with Crippen LogP contribution in [-0.4, -0.2) is 36.9 Å². The largest absolute Gasteiger partial charge is 0.452 e. The zero-order chi connectivity index (χ0) is 17.8. The van der Waals surface area contributed by atoms with Crippen LogP contribution < -0.4 is 0 Å². The van der Waals surface area contributed by atoms with E-state index in [0.717, 1.165) is 22.4 Å². The summed E-state index contributed by atoms with van der Waals surface area (Å²) in [5.41, 5.74) is 1.74. The van der Waals surface area contributed by atoms with Gasteiger partial charge in [-0.15, -0.1) is 10.2 Å². The quantitative estimate of drug-likeness (QED) is 0.535. The van der Waals surface area contributed by atoms with Crippen LogP contribution in [0.15, 0.2) is 33.5 Å². The lowest BCUT2D eigenvalue weighted by Crippen LogP contribution is -2.34. The molecule has 3 aromatic heterocycles. The summed E-state index contributed by atoms with van der Waals surface area (Å²) in [5, 5.41) is 13.8. The average Bonchev–Trinajstić information content (AvgIpc) is 3.31. The average molecular weight is 371 g/mol. The topological polar surface area (TPSA) is 86.0 Å². The van der Waals surface area contributed by atoms with Crippen molar-refractivity contribution in [2.24, 2.45) is 0 Å². The van der Waals surface area contributed by atoms with Gasteiger partial charge in [0, 0.05) is 17.0 Å². The molecule has 4 aromatic rings. The fourth-order valence-electron chi connectivity index (χ4n) is 3.34. The maximum Gasteiger partial charge on any atom is 0.246 e. The van der Waals surface area contributed by atoms with Crippen LogP contribution in [0.4, 0.5) is 0 Å². The van der Waals surface area contributed by atoms with Gasteiger partial charge in [0.15, 0.2) is 5.76 Å². The summed E-state index contributed by atoms with van der Waals surface area (Å²) in [7, 11) is 2.00. The molecule has 0 spiro atoms. The fourth-order valence-corrected chi connectivity index (χ4v) is 3.62. The number of furan rings is 1. The number of likely N-dealkylation sites (N-methyl/N-ethyl adjacent to an activating group) is 1. The Labute approximate surface area is 153 Å². The van der Waals surface area contributed by atoms with E-state index >= 15 is 0 Å². The monoisotopic (exact) mass is 370 g/mol. The van der Waals surface area contributed by atoms with Crippen LogP contribution in [0, 0.1) is 6.92 Å². The first kappa shape index (κ1) is 15.5. The van der Waals surface area contributed by atoms with E-state index in [0.29, 0.717) is 35.6 Å². The zero-order valence-corrected chi connectivity index (χ0v) is 14.9. The van der Waals surface area contributed by atoms with Crippen LogP contribution in [0.1, 0.15) is 23.3 Å². The number of aromatic nitrogens is 5. The molecule has 0 aliphatic carbocycles. The van der Waals surface area contributed by atoms with Crippen molar-refractivity contribution in [3.05, 3.63) is 46.8 Å². The van der Waals surface area contributed by atoms with E-state index in [4.69, 9.17) is 20.5 Å². The van der Waals surface area contributed by atoms with Gasteiger partial charge in [-0.2, -0.15) is 4.98 Å². The van der Waals surface area contributed by atoms with E-state index in [1.54, 1.807) is 6.33 Å². The first-order valence-corrected chi connectivity index (χ1v) is 8.57. The first-order chi connectivity index (χ1) is 12.6. The molecule has 8 nitrogen and oxygen atoms in total. The summed E-state index contributed by atoms with van der Waals surface area (Å²) in [6, 6.07) is 5.57. The Hall–Kier alpha value is -2.71. The van der Waals surface area contributed by atoms with E-state index in [2.05, 4.69) is 25.2 Å². The minimum absolute atomic E-state index is 0.0414. The molecule has 0 amide bonds. The fraction of sp³-hybridized carbons (Fsp3) is 0.294. The van der Waals surface area contributed by atoms with Gasteiger partial charge in [0.1, 0.15) is 23.8 Å². The van der Waals surface area contributed by atoms with E-state index < -0.39 is 0 Å². The van der Waals surface area contributed by atoms with Gasteiger partial charge in [-0.3, -0.25) is 4.90 Å². The molecular formula is C17H15ClN6O2. The molecule has 26 heavy (non-hydrogen) atoms. The minimum Gasteiger partial charge on any atom is -0.452 e. The molecule has 1 aliphatic rings. The molecule has 0 saturated heterocycles. The number of hydrogen-bond acceptors (Lipinski definition) is 7. The Bertz CT molecular complexity index is 1110. The molecule has 0 fully saturated rings. The van der Waals surface area contributed by atoms with Crippen molar-refractivity contribution in [1.82, 2.24) is 29.8 Å². The van der Waals surface area contributed by atoms with Gasteiger partial charge in [0.05, 0.1) is 6.54 Å². The summed E-state index contributed by atoms with van der Waals surface area (Å²) in [6.07, 6.45) is 1.72. The molecule has 4 heterocycles. The van der Waals surface area contributed by atoms with Crippen molar-refractivity contribution in [3.63, 3.8) is 0 Å². The van der Waals surface area contributed by atoms with E-state index in [-0.39, 0.29) is 6.04 Å². The molecule has 0 saturated carbocycles. The number of fused-ring (bicyclic) bond motifs is 2. The number of hydrogen-bond donors (Lipinski definition) is 0. The van der Waals surface area contributed by atoms with Crippen LogP contribution in [0.3, 0.4) is 0 Å². The summed E-state index contributed by atoms with van der Waals surface area (Å²) in [5.74, 6) is 2.45. The predicted octanol–water partition coefficient (Wildman–Crippen LogP) is 3.22. The first-order valence-electron chi connectivity index (χ1n) is 8.19. The number of halogens is 1. The van der Waals surface area contributed by atoms with Crippen LogP contribution in [0.25, 0.3) is 22.6 Å². The number of nitrogens with zero attached hydrogens (tertiary/aromatic N) is 6. The number of aryl methyl sites for hydroxylation is 1. The van der Waals surface area contributed by atoms with Crippen molar-refractivity contribution in [2.75, 3.05) is 7.05 Å². The van der Waals surface area contributed by atoms with Gasteiger partial charge in [-0.1, -0.05) is 16.8 Å². The third-order valence-corrected chi connectivity index (χ3v) is 4.92. The minimum atomic E-state index is -0.0414. The summed E-state index contributed by atoms with van der Waals surface area (Å²) in [6.45, 7) is 3.29. The molecule has 132 valence electrons. The molecule has 1 aromatic carbocycles. The van der Waals surface area contributed by atoms with Crippen molar-refractivity contribution in [3.8, 4) is 11.6 Å². The Morgan fingerprint density at radius 2 is 2.15 bits per heavy atom. The highest BCUT2D eigenvalue weighted by atomic mass is 35.5. The molecule has 1 unspecified atom stereocenters.